The number of halogens is 1. The van der Waals surface area contributed by atoms with Crippen LogP contribution in [0.4, 0.5) is 11.6 Å². The molecule has 0 radical (unpaired) electrons. The summed E-state index contributed by atoms with van der Waals surface area (Å²) in [5.74, 6) is 1.00. The topological polar surface area (TPSA) is 89.7 Å². The highest BCUT2D eigenvalue weighted by Crippen LogP contribution is 2.35. The van der Waals surface area contributed by atoms with Gasteiger partial charge in [-0.05, 0) is 61.2 Å². The van der Waals surface area contributed by atoms with E-state index in [4.69, 9.17) is 16.6 Å². The molecular formula is C22H20ClN7O. The monoisotopic (exact) mass is 433 g/mol. The first kappa shape index (κ1) is 18.5. The van der Waals surface area contributed by atoms with Gasteiger partial charge < -0.3 is 10.6 Å². The molecule has 1 aliphatic carbocycles. The molecular weight excluding hydrogens is 414 g/mol. The van der Waals surface area contributed by atoms with Crippen molar-refractivity contribution in [1.82, 2.24) is 29.6 Å². The Kier molecular flexibility index (Phi) is 4.29. The van der Waals surface area contributed by atoms with Gasteiger partial charge >= 0.3 is 0 Å². The second kappa shape index (κ2) is 7.18. The van der Waals surface area contributed by atoms with Crippen molar-refractivity contribution in [2.24, 2.45) is 0 Å². The van der Waals surface area contributed by atoms with E-state index in [1.54, 1.807) is 21.6 Å². The van der Waals surface area contributed by atoms with Gasteiger partial charge in [-0.2, -0.15) is 4.98 Å². The predicted octanol–water partition coefficient (Wildman–Crippen LogP) is 3.35. The fourth-order valence-corrected chi connectivity index (χ4v) is 4.29. The fraction of sp³-hybridized carbons (Fsp3) is 0.273. The molecule has 4 aromatic rings. The van der Waals surface area contributed by atoms with E-state index in [-0.39, 0.29) is 11.6 Å². The second-order valence-electron chi connectivity index (χ2n) is 7.98. The van der Waals surface area contributed by atoms with Crippen molar-refractivity contribution in [2.45, 2.75) is 31.8 Å². The third kappa shape index (κ3) is 3.28. The Morgan fingerprint density at radius 2 is 2.03 bits per heavy atom. The van der Waals surface area contributed by atoms with E-state index in [1.807, 2.05) is 18.2 Å². The van der Waals surface area contributed by atoms with Crippen molar-refractivity contribution < 1.29 is 0 Å². The zero-order valence-corrected chi connectivity index (χ0v) is 17.4. The van der Waals surface area contributed by atoms with Gasteiger partial charge in [-0.1, -0.05) is 23.7 Å². The summed E-state index contributed by atoms with van der Waals surface area (Å²) in [6.45, 7) is 1.87. The van der Waals surface area contributed by atoms with Gasteiger partial charge in [0.25, 0.3) is 5.56 Å². The maximum Gasteiger partial charge on any atom is 0.278 e. The summed E-state index contributed by atoms with van der Waals surface area (Å²) < 4.78 is 3.50. The second-order valence-corrected chi connectivity index (χ2v) is 8.36. The lowest BCUT2D eigenvalue weighted by molar-refractivity contribution is 0.553. The van der Waals surface area contributed by atoms with Crippen molar-refractivity contribution in [2.75, 3.05) is 11.9 Å². The summed E-state index contributed by atoms with van der Waals surface area (Å²) in [4.78, 5) is 26.6. The van der Waals surface area contributed by atoms with Crippen LogP contribution in [0.15, 0.2) is 47.4 Å². The number of benzene rings is 1. The van der Waals surface area contributed by atoms with E-state index >= 15 is 0 Å². The normalized spacial score (nSPS) is 15.8. The molecule has 8 nitrogen and oxygen atoms in total. The van der Waals surface area contributed by atoms with Crippen molar-refractivity contribution in [1.29, 1.82) is 0 Å². The van der Waals surface area contributed by atoms with Crippen LogP contribution < -0.4 is 16.2 Å². The van der Waals surface area contributed by atoms with Crippen molar-refractivity contribution in [3.05, 3.63) is 69.2 Å². The number of rotatable bonds is 4. The number of pyridine rings is 1. The molecule has 1 fully saturated rings. The first-order valence-electron chi connectivity index (χ1n) is 10.4. The fourth-order valence-electron chi connectivity index (χ4n) is 4.13. The van der Waals surface area contributed by atoms with Crippen LogP contribution in [0, 0.1) is 0 Å². The highest BCUT2D eigenvalue weighted by molar-refractivity contribution is 6.29. The average Bonchev–Trinajstić information content (AvgIpc) is 3.58. The number of hydrogen-bond donors (Lipinski definition) is 2. The van der Waals surface area contributed by atoms with Gasteiger partial charge in [0.15, 0.2) is 11.5 Å². The largest absolute Gasteiger partial charge is 0.324 e. The molecule has 156 valence electrons. The highest BCUT2D eigenvalue weighted by Gasteiger charge is 2.31. The summed E-state index contributed by atoms with van der Waals surface area (Å²) in [5, 5.41) is 7.51. The van der Waals surface area contributed by atoms with Crippen molar-refractivity contribution >= 4 is 34.3 Å². The minimum Gasteiger partial charge on any atom is -0.324 e. The molecule has 0 atom stereocenters. The summed E-state index contributed by atoms with van der Waals surface area (Å²) in [6.07, 6.45) is 4.50. The number of nitrogens with zero attached hydrogens (tertiary/aromatic N) is 5. The molecule has 3 aromatic heterocycles. The number of anilines is 2. The Morgan fingerprint density at radius 3 is 2.87 bits per heavy atom. The Hall–Kier alpha value is -3.23. The molecule has 0 saturated heterocycles. The van der Waals surface area contributed by atoms with E-state index in [1.165, 1.54) is 11.1 Å². The smallest absolute Gasteiger partial charge is 0.278 e. The average molecular weight is 434 g/mol. The quantitative estimate of drug-likeness (QED) is 0.480. The lowest BCUT2D eigenvalue weighted by Crippen LogP contribution is -2.23. The number of fused-ring (bicyclic) bond motifs is 2. The van der Waals surface area contributed by atoms with Crippen LogP contribution in [0.3, 0.4) is 0 Å². The standard InChI is InChI=1S/C22H20ClN7O/c23-18-2-1-3-19(27-18)30-20-17(21(31)29(30)16-6-7-16)12-25-22(28-20)26-15-5-4-14-11-24-9-8-13(14)10-15/h1-5,10,12,16,24H,6-9,11H2,(H,25,26,28). The first-order valence-corrected chi connectivity index (χ1v) is 10.8. The Morgan fingerprint density at radius 1 is 1.13 bits per heavy atom. The molecule has 9 heteroatoms. The van der Waals surface area contributed by atoms with E-state index in [2.05, 4.69) is 32.7 Å². The van der Waals surface area contributed by atoms with Crippen molar-refractivity contribution in [3.63, 3.8) is 0 Å². The SMILES string of the molecule is O=c1c2cnc(Nc3ccc4c(c3)CCNC4)nc2n(-c2cccc(Cl)n2)n1C1CC1. The Balaban J connectivity index is 1.46. The summed E-state index contributed by atoms with van der Waals surface area (Å²) in [7, 11) is 0. The predicted molar refractivity (Wildman–Crippen MR) is 119 cm³/mol. The molecule has 0 amide bonds. The number of hydrogen-bond acceptors (Lipinski definition) is 6. The molecule has 0 unspecified atom stereocenters. The molecule has 1 aromatic carbocycles. The van der Waals surface area contributed by atoms with Gasteiger partial charge in [-0.3, -0.25) is 4.79 Å². The Labute approximate surface area is 182 Å². The van der Waals surface area contributed by atoms with Gasteiger partial charge in [0.1, 0.15) is 10.5 Å². The van der Waals surface area contributed by atoms with E-state index in [0.717, 1.165) is 38.0 Å². The van der Waals surface area contributed by atoms with Crippen LogP contribution in [0.5, 0.6) is 0 Å². The summed E-state index contributed by atoms with van der Waals surface area (Å²) in [6, 6.07) is 11.8. The van der Waals surface area contributed by atoms with E-state index < -0.39 is 0 Å². The molecule has 1 aliphatic heterocycles. The number of nitrogens with one attached hydrogen (secondary N) is 2. The van der Waals surface area contributed by atoms with Gasteiger partial charge in [0.2, 0.25) is 5.95 Å². The molecule has 2 aliphatic rings. The molecule has 4 heterocycles. The number of aromatic nitrogens is 5. The molecule has 2 N–H and O–H groups in total. The third-order valence-corrected chi connectivity index (χ3v) is 5.99. The lowest BCUT2D eigenvalue weighted by atomic mass is 10.0. The molecule has 31 heavy (non-hydrogen) atoms. The first-order chi connectivity index (χ1) is 15.2. The Bertz CT molecular complexity index is 1370. The minimum absolute atomic E-state index is 0.105. The van der Waals surface area contributed by atoms with E-state index in [9.17, 15) is 4.79 Å². The molecule has 1 saturated carbocycles. The third-order valence-electron chi connectivity index (χ3n) is 5.78. The zero-order valence-electron chi connectivity index (χ0n) is 16.7. The molecule has 0 bridgehead atoms. The van der Waals surface area contributed by atoms with Crippen LogP contribution >= 0.6 is 11.6 Å². The lowest BCUT2D eigenvalue weighted by Gasteiger charge is -2.18. The summed E-state index contributed by atoms with van der Waals surface area (Å²) >= 11 is 6.14. The minimum atomic E-state index is -0.105. The zero-order chi connectivity index (χ0) is 20.9. The molecule has 0 spiro atoms. The van der Waals surface area contributed by atoms with E-state index in [0.29, 0.717) is 28.0 Å². The molecule has 6 rings (SSSR count). The van der Waals surface area contributed by atoms with Gasteiger partial charge in [0, 0.05) is 18.4 Å². The van der Waals surface area contributed by atoms with Gasteiger partial charge in [0.05, 0.1) is 6.04 Å². The maximum absolute atomic E-state index is 13.1. The van der Waals surface area contributed by atoms with Gasteiger partial charge in [-0.15, -0.1) is 0 Å². The van der Waals surface area contributed by atoms with Crippen LogP contribution in [-0.4, -0.2) is 30.9 Å². The van der Waals surface area contributed by atoms with Crippen LogP contribution in [0.1, 0.15) is 30.0 Å². The van der Waals surface area contributed by atoms with Crippen LogP contribution in [0.2, 0.25) is 5.15 Å². The van der Waals surface area contributed by atoms with Crippen LogP contribution in [-0.2, 0) is 13.0 Å². The van der Waals surface area contributed by atoms with Crippen molar-refractivity contribution in [3.8, 4) is 5.82 Å². The van der Waals surface area contributed by atoms with Crippen LogP contribution in [0.25, 0.3) is 16.9 Å². The van der Waals surface area contributed by atoms with Gasteiger partial charge in [-0.25, -0.2) is 19.3 Å². The highest BCUT2D eigenvalue weighted by atomic mass is 35.5. The maximum atomic E-state index is 13.1. The summed E-state index contributed by atoms with van der Waals surface area (Å²) in [5.41, 5.74) is 3.98.